The van der Waals surface area contributed by atoms with Gasteiger partial charge in [0.2, 0.25) is 0 Å². The summed E-state index contributed by atoms with van der Waals surface area (Å²) in [5, 5.41) is 0. The van der Waals surface area contributed by atoms with Gasteiger partial charge in [0, 0.05) is 13.0 Å². The van der Waals surface area contributed by atoms with Gasteiger partial charge in [-0.15, -0.1) is 0 Å². The maximum atomic E-state index is 11.3. The van der Waals surface area contributed by atoms with Gasteiger partial charge < -0.3 is 10.5 Å². The predicted molar refractivity (Wildman–Crippen MR) is 67.4 cm³/mol. The highest BCUT2D eigenvalue weighted by Crippen LogP contribution is 2.10. The van der Waals surface area contributed by atoms with Crippen molar-refractivity contribution in [3.63, 3.8) is 0 Å². The summed E-state index contributed by atoms with van der Waals surface area (Å²) in [5.74, 6) is -0.180. The molecule has 0 amide bonds. The van der Waals surface area contributed by atoms with E-state index in [2.05, 4.69) is 0 Å². The molecule has 0 aromatic rings. The molecule has 0 heterocycles. The standard InChI is InChI=1S/C11H23NO4S/c1-11(2,3)16-10(13)6-4-5-8-17(14,15)9-7-12/h4-9,12H2,1-3H3. The van der Waals surface area contributed by atoms with Crippen LogP contribution in [0.25, 0.3) is 0 Å². The van der Waals surface area contributed by atoms with E-state index in [-0.39, 0.29) is 30.4 Å². The van der Waals surface area contributed by atoms with Crippen molar-refractivity contribution in [3.8, 4) is 0 Å². The van der Waals surface area contributed by atoms with Gasteiger partial charge in [0.05, 0.1) is 11.5 Å². The number of sulfone groups is 1. The van der Waals surface area contributed by atoms with E-state index in [1.807, 2.05) is 0 Å². The molecule has 0 spiro atoms. The summed E-state index contributed by atoms with van der Waals surface area (Å²) >= 11 is 0. The highest BCUT2D eigenvalue weighted by atomic mass is 32.2. The van der Waals surface area contributed by atoms with Crippen LogP contribution in [0.4, 0.5) is 0 Å². The van der Waals surface area contributed by atoms with Gasteiger partial charge in [0.1, 0.15) is 5.60 Å². The van der Waals surface area contributed by atoms with Gasteiger partial charge in [-0.1, -0.05) is 0 Å². The highest BCUT2D eigenvalue weighted by molar-refractivity contribution is 7.91. The minimum Gasteiger partial charge on any atom is -0.460 e. The molecule has 17 heavy (non-hydrogen) atoms. The fourth-order valence-corrected chi connectivity index (χ4v) is 2.47. The molecule has 0 aliphatic heterocycles. The summed E-state index contributed by atoms with van der Waals surface area (Å²) in [5.41, 5.74) is 4.70. The van der Waals surface area contributed by atoms with Gasteiger partial charge in [0.25, 0.3) is 0 Å². The minimum absolute atomic E-state index is 0.0133. The zero-order valence-electron chi connectivity index (χ0n) is 10.9. The van der Waals surface area contributed by atoms with Gasteiger partial charge >= 0.3 is 5.97 Å². The third-order valence-electron chi connectivity index (χ3n) is 1.94. The van der Waals surface area contributed by atoms with E-state index in [1.54, 1.807) is 20.8 Å². The molecule has 0 radical (unpaired) electrons. The second-order valence-electron chi connectivity index (χ2n) is 4.98. The van der Waals surface area contributed by atoms with Gasteiger partial charge in [-0.25, -0.2) is 8.42 Å². The summed E-state index contributed by atoms with van der Waals surface area (Å²) in [4.78, 5) is 11.3. The first-order chi connectivity index (χ1) is 7.66. The normalized spacial score (nSPS) is 12.5. The SMILES string of the molecule is CC(C)(C)OC(=O)CCCCS(=O)(=O)CCN. The molecule has 0 unspecified atom stereocenters. The molecular weight excluding hydrogens is 242 g/mol. The van der Waals surface area contributed by atoms with Crippen molar-refractivity contribution >= 4 is 15.8 Å². The first-order valence-corrected chi connectivity index (χ1v) is 7.61. The quantitative estimate of drug-likeness (QED) is 0.545. The Hall–Kier alpha value is -0.620. The number of carbonyl (C=O) groups is 1. The molecule has 0 aromatic heterocycles. The summed E-state index contributed by atoms with van der Waals surface area (Å²) in [7, 11) is -3.04. The lowest BCUT2D eigenvalue weighted by Gasteiger charge is -2.19. The number of unbranched alkanes of at least 4 members (excludes halogenated alkanes) is 1. The number of hydrogen-bond acceptors (Lipinski definition) is 5. The van der Waals surface area contributed by atoms with Crippen molar-refractivity contribution in [1.82, 2.24) is 0 Å². The van der Waals surface area contributed by atoms with Crippen LogP contribution in [0.5, 0.6) is 0 Å². The molecular formula is C11H23NO4S. The number of ether oxygens (including phenoxy) is 1. The zero-order valence-corrected chi connectivity index (χ0v) is 11.7. The third-order valence-corrected chi connectivity index (χ3v) is 3.70. The smallest absolute Gasteiger partial charge is 0.306 e. The maximum absolute atomic E-state index is 11.3. The number of esters is 1. The van der Waals surface area contributed by atoms with Crippen molar-refractivity contribution in [1.29, 1.82) is 0 Å². The lowest BCUT2D eigenvalue weighted by Crippen LogP contribution is -2.24. The first kappa shape index (κ1) is 16.4. The summed E-state index contributed by atoms with van der Waals surface area (Å²) in [6.45, 7) is 5.55. The van der Waals surface area contributed by atoms with Crippen LogP contribution in [0.1, 0.15) is 40.0 Å². The highest BCUT2D eigenvalue weighted by Gasteiger charge is 2.16. The van der Waals surface area contributed by atoms with Gasteiger partial charge in [-0.2, -0.15) is 0 Å². The van der Waals surface area contributed by atoms with E-state index in [0.717, 1.165) is 0 Å². The monoisotopic (exact) mass is 265 g/mol. The maximum Gasteiger partial charge on any atom is 0.306 e. The van der Waals surface area contributed by atoms with E-state index in [0.29, 0.717) is 12.8 Å². The fraction of sp³-hybridized carbons (Fsp3) is 0.909. The van der Waals surface area contributed by atoms with E-state index in [9.17, 15) is 13.2 Å². The first-order valence-electron chi connectivity index (χ1n) is 5.78. The average Bonchev–Trinajstić information content (AvgIpc) is 2.09. The molecule has 0 fully saturated rings. The molecule has 102 valence electrons. The largest absolute Gasteiger partial charge is 0.460 e. The van der Waals surface area contributed by atoms with Crippen LogP contribution in [0.3, 0.4) is 0 Å². The fourth-order valence-electron chi connectivity index (χ4n) is 1.27. The summed E-state index contributed by atoms with van der Waals surface area (Å²) in [6.07, 6.45) is 1.26. The van der Waals surface area contributed by atoms with Gasteiger partial charge in [0.15, 0.2) is 9.84 Å². The van der Waals surface area contributed by atoms with Crippen LogP contribution >= 0.6 is 0 Å². The minimum atomic E-state index is -3.04. The predicted octanol–water partition coefficient (Wildman–Crippen LogP) is 0.872. The Morgan fingerprint density at radius 1 is 1.18 bits per heavy atom. The Labute approximate surface area is 104 Å². The summed E-state index contributed by atoms with van der Waals surface area (Å²) in [6, 6.07) is 0. The Bertz CT molecular complexity index is 330. The van der Waals surface area contributed by atoms with Gasteiger partial charge in [-0.05, 0) is 33.6 Å². The topological polar surface area (TPSA) is 86.5 Å². The van der Waals surface area contributed by atoms with Crippen LogP contribution in [0.2, 0.25) is 0 Å². The lowest BCUT2D eigenvalue weighted by atomic mass is 10.2. The van der Waals surface area contributed by atoms with E-state index < -0.39 is 15.4 Å². The van der Waals surface area contributed by atoms with Crippen LogP contribution < -0.4 is 5.73 Å². The Kier molecular flexibility index (Phi) is 6.70. The third kappa shape index (κ3) is 10.3. The Morgan fingerprint density at radius 3 is 2.24 bits per heavy atom. The number of rotatable bonds is 7. The van der Waals surface area contributed by atoms with E-state index in [4.69, 9.17) is 10.5 Å². The van der Waals surface area contributed by atoms with Crippen molar-refractivity contribution in [3.05, 3.63) is 0 Å². The number of carbonyl (C=O) groups excluding carboxylic acids is 1. The molecule has 6 heteroatoms. The van der Waals surface area contributed by atoms with Crippen LogP contribution in [-0.2, 0) is 19.4 Å². The molecule has 2 N–H and O–H groups in total. The summed E-state index contributed by atoms with van der Waals surface area (Å²) < 4.78 is 27.7. The molecule has 0 aromatic carbocycles. The second kappa shape index (κ2) is 6.96. The van der Waals surface area contributed by atoms with Crippen molar-refractivity contribution in [2.24, 2.45) is 5.73 Å². The van der Waals surface area contributed by atoms with E-state index in [1.165, 1.54) is 0 Å². The molecule has 5 nitrogen and oxygen atoms in total. The zero-order chi connectivity index (χ0) is 13.5. The Morgan fingerprint density at radius 2 is 1.76 bits per heavy atom. The molecule has 0 aliphatic carbocycles. The lowest BCUT2D eigenvalue weighted by molar-refractivity contribution is -0.154. The van der Waals surface area contributed by atoms with Crippen molar-refractivity contribution in [2.45, 2.75) is 45.6 Å². The molecule has 0 bridgehead atoms. The van der Waals surface area contributed by atoms with Gasteiger partial charge in [-0.3, -0.25) is 4.79 Å². The second-order valence-corrected chi connectivity index (χ2v) is 7.29. The molecule has 0 atom stereocenters. The average molecular weight is 265 g/mol. The molecule has 0 saturated carbocycles. The van der Waals surface area contributed by atoms with Crippen LogP contribution in [-0.4, -0.2) is 38.0 Å². The van der Waals surface area contributed by atoms with Crippen molar-refractivity contribution < 1.29 is 17.9 Å². The molecule has 0 aliphatic rings. The van der Waals surface area contributed by atoms with Crippen LogP contribution in [0, 0.1) is 0 Å². The Balaban J connectivity index is 3.76. The molecule has 0 rings (SSSR count). The van der Waals surface area contributed by atoms with Crippen LogP contribution in [0.15, 0.2) is 0 Å². The van der Waals surface area contributed by atoms with E-state index >= 15 is 0 Å². The number of hydrogen-bond donors (Lipinski definition) is 1. The number of nitrogens with two attached hydrogens (primary N) is 1. The molecule has 0 saturated heterocycles. The van der Waals surface area contributed by atoms with Crippen molar-refractivity contribution in [2.75, 3.05) is 18.1 Å².